The first-order chi connectivity index (χ1) is 18.1. The molecule has 0 radical (unpaired) electrons. The summed E-state index contributed by atoms with van der Waals surface area (Å²) in [6, 6.07) is 7.07. The quantitative estimate of drug-likeness (QED) is 0.349. The van der Waals surface area contributed by atoms with E-state index in [0.29, 0.717) is 70.9 Å². The minimum atomic E-state index is -0.510. The van der Waals surface area contributed by atoms with Gasteiger partial charge in [0.05, 0.1) is 27.3 Å². The van der Waals surface area contributed by atoms with Crippen LogP contribution in [0.15, 0.2) is 24.3 Å². The zero-order chi connectivity index (χ0) is 28.1. The maximum Gasteiger partial charge on any atom is 0.323 e. The molecule has 1 fully saturated rings. The minimum absolute atomic E-state index is 0.0405. The number of nitrogens with two attached hydrogens (primary N) is 1. The Balaban J connectivity index is 2.26. The lowest BCUT2D eigenvalue weighted by atomic mass is 10.0. The number of hydrogen-bond acceptors (Lipinski definition) is 10. The number of ketones is 1. The molecule has 1 aromatic carbocycles. The van der Waals surface area contributed by atoms with Crippen LogP contribution in [0.4, 0.5) is 5.69 Å². The van der Waals surface area contributed by atoms with Gasteiger partial charge in [0.25, 0.3) is 0 Å². The van der Waals surface area contributed by atoms with Crippen LogP contribution in [0.2, 0.25) is 0 Å². The number of carbonyl (C=O) groups excluding carboxylic acids is 4. The van der Waals surface area contributed by atoms with E-state index < -0.39 is 6.04 Å². The van der Waals surface area contributed by atoms with Gasteiger partial charge in [-0.1, -0.05) is 12.1 Å². The van der Waals surface area contributed by atoms with E-state index in [1.54, 1.807) is 11.8 Å². The summed E-state index contributed by atoms with van der Waals surface area (Å²) in [4.78, 5) is 57.1. The summed E-state index contributed by atoms with van der Waals surface area (Å²) in [5, 5.41) is 0. The summed E-state index contributed by atoms with van der Waals surface area (Å²) < 4.78 is 10.0. The summed E-state index contributed by atoms with van der Waals surface area (Å²) in [6.07, 6.45) is 1.20. The number of anilines is 1. The third kappa shape index (κ3) is 10.8. The van der Waals surface area contributed by atoms with Crippen molar-refractivity contribution in [2.24, 2.45) is 0 Å². The highest BCUT2D eigenvalue weighted by molar-refractivity contribution is 5.77. The van der Waals surface area contributed by atoms with Gasteiger partial charge in [-0.2, -0.15) is 0 Å². The van der Waals surface area contributed by atoms with Crippen molar-refractivity contribution in [2.75, 3.05) is 85.4 Å². The van der Waals surface area contributed by atoms with Crippen molar-refractivity contribution in [1.29, 1.82) is 0 Å². The van der Waals surface area contributed by atoms with Crippen molar-refractivity contribution in [3.05, 3.63) is 29.8 Å². The van der Waals surface area contributed by atoms with Crippen molar-refractivity contribution in [1.82, 2.24) is 19.6 Å². The number of Topliss-reactive ketones (excluding diaryl/α,β-unsaturated/α-hetero) is 1. The second-order valence-electron chi connectivity index (χ2n) is 9.69. The predicted octanol–water partition coefficient (Wildman–Crippen LogP) is 0.273. The molecule has 11 heteroatoms. The largest absolute Gasteiger partial charge is 0.468 e. The molecule has 0 bridgehead atoms. The highest BCUT2D eigenvalue weighted by Gasteiger charge is 2.28. The van der Waals surface area contributed by atoms with Gasteiger partial charge in [0.15, 0.2) is 0 Å². The van der Waals surface area contributed by atoms with Gasteiger partial charge >= 0.3 is 11.9 Å². The van der Waals surface area contributed by atoms with Crippen LogP contribution in [0, 0.1) is 0 Å². The van der Waals surface area contributed by atoms with Gasteiger partial charge in [0.2, 0.25) is 5.91 Å². The number of carbonyl (C=O) groups is 4. The number of nitrogens with zero attached hydrogens (tertiary/aromatic N) is 4. The van der Waals surface area contributed by atoms with Crippen molar-refractivity contribution in [3.8, 4) is 0 Å². The zero-order valence-corrected chi connectivity index (χ0v) is 23.2. The van der Waals surface area contributed by atoms with Crippen LogP contribution in [-0.2, 0) is 35.1 Å². The zero-order valence-electron chi connectivity index (χ0n) is 23.2. The molecule has 0 spiro atoms. The molecule has 1 amide bonds. The fraction of sp³-hybridized carbons (Fsp3) is 0.630. The van der Waals surface area contributed by atoms with Crippen LogP contribution in [0.5, 0.6) is 0 Å². The third-order valence-electron chi connectivity index (χ3n) is 6.85. The third-order valence-corrected chi connectivity index (χ3v) is 6.85. The van der Waals surface area contributed by atoms with Crippen LogP contribution < -0.4 is 5.73 Å². The summed E-state index contributed by atoms with van der Waals surface area (Å²) in [6.45, 7) is 7.40. The molecule has 1 saturated heterocycles. The standard InChI is InChI=1S/C27H43N5O6/c1-21(33)19-29-11-12-30(20-26(35)37-3)13-15-31(22(2)34)17-18-32(16-14-29)25(27(36)38-4)10-7-23-5-8-24(28)9-6-23/h5-6,8-9,25H,7,10-20,28H2,1-4H3. The van der Waals surface area contributed by atoms with E-state index in [1.165, 1.54) is 21.1 Å². The molecular formula is C27H43N5O6. The van der Waals surface area contributed by atoms with Gasteiger partial charge < -0.3 is 20.1 Å². The van der Waals surface area contributed by atoms with E-state index >= 15 is 0 Å². The topological polar surface area (TPSA) is 126 Å². The molecule has 0 saturated carbocycles. The summed E-state index contributed by atoms with van der Waals surface area (Å²) >= 11 is 0. The molecule has 38 heavy (non-hydrogen) atoms. The maximum atomic E-state index is 12.9. The number of hydrogen-bond donors (Lipinski definition) is 1. The average molecular weight is 534 g/mol. The Morgan fingerprint density at radius 3 is 1.95 bits per heavy atom. The normalized spacial score (nSPS) is 17.6. The number of ether oxygens (including phenoxy) is 2. The number of methoxy groups -OCH3 is 2. The van der Waals surface area contributed by atoms with Gasteiger partial charge in [-0.3, -0.25) is 33.9 Å². The number of nitrogen functional groups attached to an aromatic ring is 1. The maximum absolute atomic E-state index is 12.9. The van der Waals surface area contributed by atoms with Crippen molar-refractivity contribution in [3.63, 3.8) is 0 Å². The van der Waals surface area contributed by atoms with Crippen molar-refractivity contribution in [2.45, 2.75) is 32.7 Å². The fourth-order valence-electron chi connectivity index (χ4n) is 4.59. The fourth-order valence-corrected chi connectivity index (χ4v) is 4.59. The highest BCUT2D eigenvalue weighted by atomic mass is 16.5. The Labute approximate surface area is 225 Å². The minimum Gasteiger partial charge on any atom is -0.468 e. The van der Waals surface area contributed by atoms with Crippen molar-refractivity contribution < 1.29 is 28.7 Å². The Hall–Kier alpha value is -3.02. The first kappa shape index (κ1) is 31.2. The molecule has 1 atom stereocenters. The molecule has 0 aromatic heterocycles. The molecule has 1 heterocycles. The number of rotatable bonds is 9. The van der Waals surface area contributed by atoms with E-state index in [2.05, 4.69) is 4.90 Å². The lowest BCUT2D eigenvalue weighted by molar-refractivity contribution is -0.147. The van der Waals surface area contributed by atoms with Crippen LogP contribution in [0.3, 0.4) is 0 Å². The summed E-state index contributed by atoms with van der Waals surface area (Å²) in [5.74, 6) is -0.712. The molecule has 1 aromatic rings. The molecule has 2 N–H and O–H groups in total. The van der Waals surface area contributed by atoms with Gasteiger partial charge in [-0.05, 0) is 37.5 Å². The van der Waals surface area contributed by atoms with Gasteiger partial charge in [0, 0.05) is 65.0 Å². The molecule has 11 nitrogen and oxygen atoms in total. The van der Waals surface area contributed by atoms with Crippen molar-refractivity contribution >= 4 is 29.3 Å². The van der Waals surface area contributed by atoms with E-state index in [4.69, 9.17) is 15.2 Å². The van der Waals surface area contributed by atoms with Gasteiger partial charge in [-0.15, -0.1) is 0 Å². The number of esters is 2. The Morgan fingerprint density at radius 2 is 1.37 bits per heavy atom. The SMILES string of the molecule is COC(=O)CN1CCN(CC(C)=O)CCN(C(CCc2ccc(N)cc2)C(=O)OC)CCN(C(C)=O)CC1. The van der Waals surface area contributed by atoms with E-state index in [-0.39, 0.29) is 36.7 Å². The summed E-state index contributed by atoms with van der Waals surface area (Å²) in [5.41, 5.74) is 7.56. The highest BCUT2D eigenvalue weighted by Crippen LogP contribution is 2.15. The van der Waals surface area contributed by atoms with Crippen LogP contribution in [0.1, 0.15) is 25.8 Å². The number of aryl methyl sites for hydroxylation is 1. The Kier molecular flexibility index (Phi) is 13.2. The Bertz CT molecular complexity index is 925. The lowest BCUT2D eigenvalue weighted by Gasteiger charge is -2.36. The van der Waals surface area contributed by atoms with E-state index in [0.717, 1.165) is 5.56 Å². The van der Waals surface area contributed by atoms with Gasteiger partial charge in [0.1, 0.15) is 11.8 Å². The average Bonchev–Trinajstić information content (AvgIpc) is 2.88. The smallest absolute Gasteiger partial charge is 0.323 e. The second kappa shape index (κ2) is 16.1. The van der Waals surface area contributed by atoms with E-state index in [1.807, 2.05) is 34.1 Å². The Morgan fingerprint density at radius 1 is 0.816 bits per heavy atom. The number of benzene rings is 1. The molecule has 0 aliphatic carbocycles. The van der Waals surface area contributed by atoms with Gasteiger partial charge in [-0.25, -0.2) is 0 Å². The van der Waals surface area contributed by atoms with Crippen LogP contribution in [0.25, 0.3) is 0 Å². The first-order valence-corrected chi connectivity index (χ1v) is 13.1. The molecule has 1 aliphatic rings. The molecular weight excluding hydrogens is 490 g/mol. The molecule has 1 aliphatic heterocycles. The summed E-state index contributed by atoms with van der Waals surface area (Å²) in [7, 11) is 2.73. The van der Waals surface area contributed by atoms with Crippen LogP contribution >= 0.6 is 0 Å². The van der Waals surface area contributed by atoms with Crippen LogP contribution in [-0.4, -0.2) is 129 Å². The lowest BCUT2D eigenvalue weighted by Crippen LogP contribution is -2.52. The number of amides is 1. The second-order valence-corrected chi connectivity index (χ2v) is 9.69. The first-order valence-electron chi connectivity index (χ1n) is 13.1. The molecule has 1 unspecified atom stereocenters. The monoisotopic (exact) mass is 533 g/mol. The predicted molar refractivity (Wildman–Crippen MR) is 144 cm³/mol. The van der Waals surface area contributed by atoms with E-state index in [9.17, 15) is 19.2 Å². The molecule has 212 valence electrons. The molecule has 2 rings (SSSR count).